The molecule has 21 heavy (non-hydrogen) atoms. The van der Waals surface area contributed by atoms with E-state index in [1.807, 2.05) is 30.3 Å². The summed E-state index contributed by atoms with van der Waals surface area (Å²) in [7, 11) is 0. The molecule has 0 spiro atoms. The Balaban J connectivity index is 1.69. The smallest absolute Gasteiger partial charge is 0.254 e. The highest BCUT2D eigenvalue weighted by atomic mass is 16.2. The fourth-order valence-electron chi connectivity index (χ4n) is 3.99. The Labute approximate surface area is 124 Å². The molecule has 108 valence electrons. The third-order valence-electron chi connectivity index (χ3n) is 5.01. The monoisotopic (exact) mass is 280 g/mol. The lowest BCUT2D eigenvalue weighted by molar-refractivity contribution is 0.0682. The number of carbonyl (C=O) groups excluding carboxylic acids is 1. The van der Waals surface area contributed by atoms with Crippen LogP contribution in [0.3, 0.4) is 0 Å². The summed E-state index contributed by atoms with van der Waals surface area (Å²) in [4.78, 5) is 15.0. The van der Waals surface area contributed by atoms with Crippen molar-refractivity contribution in [1.82, 2.24) is 10.2 Å². The van der Waals surface area contributed by atoms with Gasteiger partial charge in [0.1, 0.15) is 0 Å². The molecule has 1 N–H and O–H groups in total. The Bertz CT molecular complexity index is 696. The number of nitrogens with zero attached hydrogens (tertiary/aromatic N) is 1. The van der Waals surface area contributed by atoms with Gasteiger partial charge in [0.15, 0.2) is 0 Å². The topological polar surface area (TPSA) is 32.3 Å². The van der Waals surface area contributed by atoms with Gasteiger partial charge in [-0.25, -0.2) is 0 Å². The minimum absolute atomic E-state index is 0.185. The zero-order valence-electron chi connectivity index (χ0n) is 12.3. The molecule has 0 radical (unpaired) electrons. The van der Waals surface area contributed by atoms with Crippen LogP contribution in [0.25, 0.3) is 10.8 Å². The molecule has 2 aromatic rings. The zero-order chi connectivity index (χ0) is 14.4. The SMILES string of the molecule is CC1CC2CNCC2N1C(=O)c1ccc2ccccc2c1. The molecule has 3 atom stereocenters. The largest absolute Gasteiger partial charge is 0.331 e. The van der Waals surface area contributed by atoms with Gasteiger partial charge >= 0.3 is 0 Å². The Morgan fingerprint density at radius 1 is 1.14 bits per heavy atom. The van der Waals surface area contributed by atoms with E-state index in [1.165, 1.54) is 5.39 Å². The number of fused-ring (bicyclic) bond motifs is 2. The van der Waals surface area contributed by atoms with Crippen LogP contribution in [-0.2, 0) is 0 Å². The molecule has 2 aliphatic heterocycles. The number of likely N-dealkylation sites (tertiary alicyclic amines) is 1. The zero-order valence-corrected chi connectivity index (χ0v) is 12.3. The van der Waals surface area contributed by atoms with Gasteiger partial charge in [0.2, 0.25) is 0 Å². The van der Waals surface area contributed by atoms with Crippen molar-refractivity contribution < 1.29 is 4.79 Å². The Kier molecular flexibility index (Phi) is 2.96. The summed E-state index contributed by atoms with van der Waals surface area (Å²) in [5.41, 5.74) is 0.813. The van der Waals surface area contributed by atoms with Gasteiger partial charge in [0.25, 0.3) is 5.91 Å². The average Bonchev–Trinajstić information content (AvgIpc) is 3.06. The van der Waals surface area contributed by atoms with E-state index < -0.39 is 0 Å². The van der Waals surface area contributed by atoms with Crippen LogP contribution < -0.4 is 5.32 Å². The van der Waals surface area contributed by atoms with E-state index in [4.69, 9.17) is 0 Å². The van der Waals surface area contributed by atoms with Crippen LogP contribution in [0.5, 0.6) is 0 Å². The summed E-state index contributed by atoms with van der Waals surface area (Å²) in [6.07, 6.45) is 1.12. The lowest BCUT2D eigenvalue weighted by Gasteiger charge is -2.27. The fourth-order valence-corrected chi connectivity index (χ4v) is 3.99. The van der Waals surface area contributed by atoms with E-state index in [-0.39, 0.29) is 5.91 Å². The first-order valence-electron chi connectivity index (χ1n) is 7.76. The maximum absolute atomic E-state index is 12.9. The molecule has 4 rings (SSSR count). The van der Waals surface area contributed by atoms with Crippen molar-refractivity contribution in [1.29, 1.82) is 0 Å². The minimum Gasteiger partial charge on any atom is -0.331 e. The number of hydrogen-bond acceptors (Lipinski definition) is 2. The first kappa shape index (κ1) is 12.8. The predicted molar refractivity (Wildman–Crippen MR) is 84.3 cm³/mol. The van der Waals surface area contributed by atoms with E-state index >= 15 is 0 Å². The molecular weight excluding hydrogens is 260 g/mol. The second kappa shape index (κ2) is 4.85. The number of amides is 1. The number of rotatable bonds is 1. The van der Waals surface area contributed by atoms with Gasteiger partial charge in [-0.05, 0) is 42.2 Å². The first-order valence-corrected chi connectivity index (χ1v) is 7.76. The maximum Gasteiger partial charge on any atom is 0.254 e. The molecule has 0 bridgehead atoms. The van der Waals surface area contributed by atoms with Gasteiger partial charge in [-0.15, -0.1) is 0 Å². The summed E-state index contributed by atoms with van der Waals surface area (Å²) in [5.74, 6) is 0.814. The minimum atomic E-state index is 0.185. The second-order valence-electron chi connectivity index (χ2n) is 6.34. The summed E-state index contributed by atoms with van der Waals surface area (Å²) in [5, 5.41) is 5.74. The third-order valence-corrected chi connectivity index (χ3v) is 5.01. The van der Waals surface area contributed by atoms with Crippen LogP contribution in [0, 0.1) is 5.92 Å². The van der Waals surface area contributed by atoms with Gasteiger partial charge in [-0.1, -0.05) is 30.3 Å². The number of benzene rings is 2. The molecular formula is C18H20N2O. The van der Waals surface area contributed by atoms with Crippen molar-refractivity contribution in [3.63, 3.8) is 0 Å². The third kappa shape index (κ3) is 2.04. The molecule has 0 aromatic heterocycles. The predicted octanol–water partition coefficient (Wildman–Crippen LogP) is 2.66. The van der Waals surface area contributed by atoms with Gasteiger partial charge < -0.3 is 10.2 Å². The Hall–Kier alpha value is -1.87. The normalized spacial score (nSPS) is 28.0. The van der Waals surface area contributed by atoms with E-state index in [9.17, 15) is 4.79 Å². The standard InChI is InChI=1S/C18H20N2O/c1-12-8-16-10-19-11-17(16)20(12)18(21)15-7-6-13-4-2-3-5-14(13)9-15/h2-7,9,12,16-17,19H,8,10-11H2,1H3. The lowest BCUT2D eigenvalue weighted by Crippen LogP contribution is -2.42. The molecule has 1 amide bonds. The fraction of sp³-hybridized carbons (Fsp3) is 0.389. The van der Waals surface area contributed by atoms with Crippen LogP contribution in [0.1, 0.15) is 23.7 Å². The van der Waals surface area contributed by atoms with Gasteiger partial charge in [-0.2, -0.15) is 0 Å². The van der Waals surface area contributed by atoms with Gasteiger partial charge in [-0.3, -0.25) is 4.79 Å². The number of hydrogen-bond donors (Lipinski definition) is 1. The van der Waals surface area contributed by atoms with Crippen LogP contribution in [0.2, 0.25) is 0 Å². The maximum atomic E-state index is 12.9. The Morgan fingerprint density at radius 2 is 1.95 bits per heavy atom. The molecule has 3 nitrogen and oxygen atoms in total. The summed E-state index contributed by atoms with van der Waals surface area (Å²) in [6.45, 7) is 4.17. The van der Waals surface area contributed by atoms with Crippen molar-refractivity contribution in [2.45, 2.75) is 25.4 Å². The van der Waals surface area contributed by atoms with Crippen LogP contribution in [-0.4, -0.2) is 36.0 Å². The van der Waals surface area contributed by atoms with Crippen molar-refractivity contribution in [2.24, 2.45) is 5.92 Å². The number of nitrogens with one attached hydrogen (secondary N) is 1. The average molecular weight is 280 g/mol. The molecule has 2 heterocycles. The summed E-state index contributed by atoms with van der Waals surface area (Å²) in [6, 6.07) is 15.0. The lowest BCUT2D eigenvalue weighted by atomic mass is 10.0. The van der Waals surface area contributed by atoms with Crippen LogP contribution in [0.15, 0.2) is 42.5 Å². The molecule has 2 saturated heterocycles. The molecule has 3 unspecified atom stereocenters. The highest BCUT2D eigenvalue weighted by Gasteiger charge is 2.44. The van der Waals surface area contributed by atoms with Crippen LogP contribution >= 0.6 is 0 Å². The second-order valence-corrected chi connectivity index (χ2v) is 6.34. The van der Waals surface area contributed by atoms with Gasteiger partial charge in [0, 0.05) is 30.7 Å². The van der Waals surface area contributed by atoms with Gasteiger partial charge in [0.05, 0.1) is 0 Å². The molecule has 3 heteroatoms. The molecule has 2 fully saturated rings. The van der Waals surface area contributed by atoms with Crippen LogP contribution in [0.4, 0.5) is 0 Å². The van der Waals surface area contributed by atoms with E-state index in [0.717, 1.165) is 30.5 Å². The quantitative estimate of drug-likeness (QED) is 0.871. The first-order chi connectivity index (χ1) is 10.2. The Morgan fingerprint density at radius 3 is 2.81 bits per heavy atom. The van der Waals surface area contributed by atoms with Crippen molar-refractivity contribution in [3.8, 4) is 0 Å². The highest BCUT2D eigenvalue weighted by molar-refractivity contribution is 5.99. The van der Waals surface area contributed by atoms with E-state index in [0.29, 0.717) is 18.0 Å². The van der Waals surface area contributed by atoms with E-state index in [1.54, 1.807) is 0 Å². The molecule has 2 aliphatic rings. The summed E-state index contributed by atoms with van der Waals surface area (Å²) >= 11 is 0. The molecule has 0 aliphatic carbocycles. The van der Waals surface area contributed by atoms with E-state index in [2.05, 4.69) is 29.3 Å². The number of carbonyl (C=O) groups is 1. The highest BCUT2D eigenvalue weighted by Crippen LogP contribution is 2.33. The molecule has 2 aromatic carbocycles. The van der Waals surface area contributed by atoms with Crippen molar-refractivity contribution >= 4 is 16.7 Å². The summed E-state index contributed by atoms with van der Waals surface area (Å²) < 4.78 is 0. The van der Waals surface area contributed by atoms with Crippen molar-refractivity contribution in [2.75, 3.05) is 13.1 Å². The van der Waals surface area contributed by atoms with Crippen molar-refractivity contribution in [3.05, 3.63) is 48.0 Å². The molecule has 0 saturated carbocycles.